The number of nitrogens with zero attached hydrogens (tertiary/aromatic N) is 2. The average Bonchev–Trinajstić information content (AvgIpc) is 3.11. The Bertz CT molecular complexity index is 789. The largest absolute Gasteiger partial charge is 0.423 e. The number of rotatable bonds is 4. The van der Waals surface area contributed by atoms with E-state index in [1.165, 1.54) is 28.4 Å². The van der Waals surface area contributed by atoms with Crippen molar-refractivity contribution in [1.29, 1.82) is 0 Å². The molecule has 0 saturated carbocycles. The van der Waals surface area contributed by atoms with E-state index in [1.807, 2.05) is 0 Å². The van der Waals surface area contributed by atoms with Gasteiger partial charge in [0.1, 0.15) is 0 Å². The van der Waals surface area contributed by atoms with Crippen molar-refractivity contribution in [2.45, 2.75) is 6.42 Å². The van der Waals surface area contributed by atoms with Crippen molar-refractivity contribution in [3.63, 3.8) is 0 Å². The molecule has 0 radical (unpaired) electrons. The molecule has 24 heavy (non-hydrogen) atoms. The maximum atomic E-state index is 12.1. The Morgan fingerprint density at radius 1 is 1.33 bits per heavy atom. The fourth-order valence-electron chi connectivity index (χ4n) is 2.08. The summed E-state index contributed by atoms with van der Waals surface area (Å²) in [6.07, 6.45) is -0.0682. The summed E-state index contributed by atoms with van der Waals surface area (Å²) in [5, 5.41) is 5.57. The minimum Gasteiger partial charge on any atom is -0.423 e. The number of aromatic nitrogens is 1. The number of carbonyl (C=O) groups is 2. The van der Waals surface area contributed by atoms with Crippen LogP contribution in [0.1, 0.15) is 5.69 Å². The molecule has 1 aromatic heterocycles. The van der Waals surface area contributed by atoms with Crippen LogP contribution in [0.4, 0.5) is 9.93 Å². The molecule has 0 bridgehead atoms. The fraction of sp³-hybridized carbons (Fsp3) is 0.214. The number of hydrogen-bond donors (Lipinski definition) is 1. The predicted octanol–water partition coefficient (Wildman–Crippen LogP) is 3.78. The fourth-order valence-corrected chi connectivity index (χ4v) is 3.82. The smallest absolute Gasteiger partial charge is 0.323 e. The van der Waals surface area contributed by atoms with Gasteiger partial charge in [-0.15, -0.1) is 11.3 Å². The topological polar surface area (TPSA) is 71.5 Å². The van der Waals surface area contributed by atoms with Gasteiger partial charge in [0.05, 0.1) is 22.2 Å². The summed E-state index contributed by atoms with van der Waals surface area (Å²) in [5.41, 5.74) is 0.501. The van der Waals surface area contributed by atoms with Crippen LogP contribution in [-0.4, -0.2) is 30.1 Å². The maximum absolute atomic E-state index is 12.1. The molecule has 10 heteroatoms. The molecule has 0 unspecified atom stereocenters. The van der Waals surface area contributed by atoms with Crippen LogP contribution in [0.2, 0.25) is 15.1 Å². The van der Waals surface area contributed by atoms with Crippen molar-refractivity contribution in [2.24, 2.45) is 0 Å². The van der Waals surface area contributed by atoms with Gasteiger partial charge in [0.15, 0.2) is 10.9 Å². The number of esters is 1. The van der Waals surface area contributed by atoms with Gasteiger partial charge in [-0.3, -0.25) is 9.69 Å². The second-order valence-electron chi connectivity index (χ2n) is 4.85. The molecule has 1 N–H and O–H groups in total. The van der Waals surface area contributed by atoms with Crippen LogP contribution in [-0.2, 0) is 11.2 Å². The molecule has 1 aliphatic rings. The highest BCUT2D eigenvalue weighted by Crippen LogP contribution is 2.36. The molecule has 2 aromatic rings. The van der Waals surface area contributed by atoms with Gasteiger partial charge in [-0.2, -0.15) is 0 Å². The molecule has 3 rings (SSSR count). The molecule has 6 nitrogen and oxygen atoms in total. The van der Waals surface area contributed by atoms with E-state index in [0.29, 0.717) is 28.9 Å². The van der Waals surface area contributed by atoms with E-state index in [1.54, 1.807) is 5.38 Å². The molecule has 0 aliphatic carbocycles. The Morgan fingerprint density at radius 2 is 2.04 bits per heavy atom. The van der Waals surface area contributed by atoms with E-state index in [4.69, 9.17) is 39.5 Å². The van der Waals surface area contributed by atoms with Crippen molar-refractivity contribution in [2.75, 3.05) is 18.0 Å². The van der Waals surface area contributed by atoms with Crippen LogP contribution in [0.3, 0.4) is 0 Å². The molecular weight excluding hydrogens is 397 g/mol. The van der Waals surface area contributed by atoms with Gasteiger partial charge >= 0.3 is 12.0 Å². The van der Waals surface area contributed by atoms with Crippen molar-refractivity contribution >= 4 is 63.3 Å². The summed E-state index contributed by atoms with van der Waals surface area (Å²) in [7, 11) is 0. The number of halogens is 3. The molecule has 0 atom stereocenters. The van der Waals surface area contributed by atoms with Gasteiger partial charge in [-0.1, -0.05) is 34.8 Å². The minimum absolute atomic E-state index is 0.0575. The van der Waals surface area contributed by atoms with E-state index >= 15 is 0 Å². The van der Waals surface area contributed by atoms with E-state index < -0.39 is 5.97 Å². The van der Waals surface area contributed by atoms with Gasteiger partial charge in [-0.05, 0) is 12.1 Å². The highest BCUT2D eigenvalue weighted by Gasteiger charge is 2.24. The standard InChI is InChI=1S/C14H10Cl3N3O3S/c15-7-3-9(16)12(10(17)4-7)23-11(21)5-8-6-24-14(19-8)20-2-1-18-13(20)22/h3-4,6H,1-2,5H2,(H,18,22). The third-order valence-corrected chi connectivity index (χ3v) is 4.82. The highest BCUT2D eigenvalue weighted by atomic mass is 35.5. The molecule has 2 heterocycles. The summed E-state index contributed by atoms with van der Waals surface area (Å²) >= 11 is 19.0. The molecule has 1 fully saturated rings. The summed E-state index contributed by atoms with van der Waals surface area (Å²) in [6.45, 7) is 1.12. The Hall–Kier alpha value is -1.54. The third kappa shape index (κ3) is 3.75. The zero-order valence-corrected chi connectivity index (χ0v) is 15.1. The van der Waals surface area contributed by atoms with Crippen molar-refractivity contribution < 1.29 is 14.3 Å². The highest BCUT2D eigenvalue weighted by molar-refractivity contribution is 7.14. The SMILES string of the molecule is O=C(Cc1csc(N2CCNC2=O)n1)Oc1c(Cl)cc(Cl)cc1Cl. The van der Waals surface area contributed by atoms with Crippen LogP contribution >= 0.6 is 46.1 Å². The number of hydrogen-bond acceptors (Lipinski definition) is 5. The second kappa shape index (κ2) is 7.14. The summed E-state index contributed by atoms with van der Waals surface area (Å²) in [6, 6.07) is 2.67. The zero-order chi connectivity index (χ0) is 17.3. The predicted molar refractivity (Wildman–Crippen MR) is 93.7 cm³/mol. The van der Waals surface area contributed by atoms with E-state index in [2.05, 4.69) is 10.3 Å². The second-order valence-corrected chi connectivity index (χ2v) is 6.94. The van der Waals surface area contributed by atoms with Gasteiger partial charge < -0.3 is 10.1 Å². The van der Waals surface area contributed by atoms with Crippen LogP contribution in [0.15, 0.2) is 17.5 Å². The van der Waals surface area contributed by atoms with Crippen LogP contribution < -0.4 is 15.0 Å². The van der Waals surface area contributed by atoms with Gasteiger partial charge in [0.25, 0.3) is 0 Å². The molecular formula is C14H10Cl3N3O3S. The summed E-state index contributed by atoms with van der Waals surface area (Å²) in [4.78, 5) is 29.5. The normalized spacial score (nSPS) is 14.0. The Labute approximate surface area is 156 Å². The number of carbonyl (C=O) groups excluding carboxylic acids is 2. The lowest BCUT2D eigenvalue weighted by Crippen LogP contribution is -2.27. The van der Waals surface area contributed by atoms with Crippen LogP contribution in [0.25, 0.3) is 0 Å². The first-order valence-electron chi connectivity index (χ1n) is 6.79. The lowest BCUT2D eigenvalue weighted by Gasteiger charge is -2.09. The molecule has 1 aromatic carbocycles. The Kier molecular flexibility index (Phi) is 5.15. The average molecular weight is 407 g/mol. The number of ether oxygens (including phenoxy) is 1. The quantitative estimate of drug-likeness (QED) is 0.619. The number of amides is 2. The lowest BCUT2D eigenvalue weighted by molar-refractivity contribution is -0.133. The summed E-state index contributed by atoms with van der Waals surface area (Å²) < 4.78 is 5.20. The lowest BCUT2D eigenvalue weighted by atomic mass is 10.3. The third-order valence-electron chi connectivity index (χ3n) is 3.13. The van der Waals surface area contributed by atoms with Crippen molar-refractivity contribution in [3.05, 3.63) is 38.3 Å². The summed E-state index contributed by atoms with van der Waals surface area (Å²) in [5.74, 6) is -0.508. The monoisotopic (exact) mass is 405 g/mol. The number of nitrogens with one attached hydrogen (secondary N) is 1. The van der Waals surface area contributed by atoms with E-state index in [-0.39, 0.29) is 28.2 Å². The first-order valence-corrected chi connectivity index (χ1v) is 8.80. The first kappa shape index (κ1) is 17.3. The van der Waals surface area contributed by atoms with E-state index in [0.717, 1.165) is 0 Å². The van der Waals surface area contributed by atoms with Gasteiger partial charge in [-0.25, -0.2) is 9.78 Å². The number of urea groups is 1. The van der Waals surface area contributed by atoms with Crippen LogP contribution in [0, 0.1) is 0 Å². The van der Waals surface area contributed by atoms with E-state index in [9.17, 15) is 9.59 Å². The Balaban J connectivity index is 1.68. The molecule has 2 amide bonds. The first-order chi connectivity index (χ1) is 11.4. The van der Waals surface area contributed by atoms with Crippen molar-refractivity contribution in [1.82, 2.24) is 10.3 Å². The van der Waals surface area contributed by atoms with Crippen LogP contribution in [0.5, 0.6) is 5.75 Å². The zero-order valence-electron chi connectivity index (χ0n) is 12.0. The molecule has 0 spiro atoms. The maximum Gasteiger partial charge on any atom is 0.323 e. The van der Waals surface area contributed by atoms with Gasteiger partial charge in [0.2, 0.25) is 0 Å². The molecule has 1 saturated heterocycles. The number of benzene rings is 1. The van der Waals surface area contributed by atoms with Gasteiger partial charge in [0, 0.05) is 23.5 Å². The Morgan fingerprint density at radius 3 is 2.67 bits per heavy atom. The molecule has 1 aliphatic heterocycles. The molecule has 126 valence electrons. The number of thiazole rings is 1. The number of anilines is 1. The minimum atomic E-state index is -0.566. The van der Waals surface area contributed by atoms with Crippen molar-refractivity contribution in [3.8, 4) is 5.75 Å².